The fraction of sp³-hybridized carbons (Fsp3) is 0.300. The molecule has 1 rings (SSSR count). The van der Waals surface area contributed by atoms with Gasteiger partial charge in [0.25, 0.3) is 0 Å². The molecule has 5 nitrogen and oxygen atoms in total. The van der Waals surface area contributed by atoms with Crippen molar-refractivity contribution in [1.82, 2.24) is 9.55 Å². The molecule has 5 heteroatoms. The molecule has 0 atom stereocenters. The van der Waals surface area contributed by atoms with E-state index in [4.69, 9.17) is 5.11 Å². The second-order valence-corrected chi connectivity index (χ2v) is 3.13. The molecule has 1 aromatic rings. The van der Waals surface area contributed by atoms with Gasteiger partial charge in [-0.1, -0.05) is 6.58 Å². The first-order valence-electron chi connectivity index (χ1n) is 4.53. The van der Waals surface area contributed by atoms with Crippen molar-refractivity contribution in [2.75, 3.05) is 0 Å². The minimum atomic E-state index is -1.01. The zero-order chi connectivity index (χ0) is 11.3. The summed E-state index contributed by atoms with van der Waals surface area (Å²) >= 11 is 0. The maximum Gasteiger partial charge on any atom is 0.330 e. The molecule has 0 fully saturated rings. The van der Waals surface area contributed by atoms with Crippen LogP contribution in [0.4, 0.5) is 0 Å². The molecule has 15 heavy (non-hydrogen) atoms. The smallest absolute Gasteiger partial charge is 0.330 e. The van der Waals surface area contributed by atoms with E-state index >= 15 is 0 Å². The number of carbonyl (C=O) groups is 2. The first-order valence-corrected chi connectivity index (χ1v) is 4.53. The summed E-state index contributed by atoms with van der Waals surface area (Å²) in [4.78, 5) is 25.6. The number of hydrogen-bond donors (Lipinski definition) is 1. The molecule has 1 aromatic heterocycles. The largest absolute Gasteiger partial charge is 0.478 e. The minimum absolute atomic E-state index is 0.0920. The van der Waals surface area contributed by atoms with Crippen molar-refractivity contribution in [1.29, 1.82) is 0 Å². The monoisotopic (exact) mass is 208 g/mol. The molecule has 80 valence electrons. The SMILES string of the molecule is C=C(CCCC(=O)n1ccnc1)C(=O)O. The molecule has 0 unspecified atom stereocenters. The highest BCUT2D eigenvalue weighted by atomic mass is 16.4. The van der Waals surface area contributed by atoms with Crippen LogP contribution in [0.15, 0.2) is 30.9 Å². The molecular formula is C10H12N2O3. The van der Waals surface area contributed by atoms with Crippen LogP contribution < -0.4 is 0 Å². The molecule has 1 N–H and O–H groups in total. The van der Waals surface area contributed by atoms with E-state index in [-0.39, 0.29) is 11.5 Å². The van der Waals surface area contributed by atoms with Crippen LogP contribution in [0, 0.1) is 0 Å². The number of carboxylic acids is 1. The lowest BCUT2D eigenvalue weighted by molar-refractivity contribution is -0.132. The lowest BCUT2D eigenvalue weighted by Gasteiger charge is -2.01. The molecule has 0 saturated carbocycles. The zero-order valence-electron chi connectivity index (χ0n) is 8.22. The molecule has 0 bridgehead atoms. The number of nitrogens with zero attached hydrogens (tertiary/aromatic N) is 2. The maximum atomic E-state index is 11.4. The van der Waals surface area contributed by atoms with Gasteiger partial charge in [0.15, 0.2) is 0 Å². The van der Waals surface area contributed by atoms with Crippen molar-refractivity contribution in [3.63, 3.8) is 0 Å². The van der Waals surface area contributed by atoms with Crippen LogP contribution in [-0.4, -0.2) is 26.5 Å². The Hall–Kier alpha value is -1.91. The first-order chi connectivity index (χ1) is 7.11. The second kappa shape index (κ2) is 5.09. The van der Waals surface area contributed by atoms with Crippen molar-refractivity contribution < 1.29 is 14.7 Å². The van der Waals surface area contributed by atoms with Crippen LogP contribution in [0.2, 0.25) is 0 Å². The number of imidazole rings is 1. The van der Waals surface area contributed by atoms with E-state index in [0.29, 0.717) is 19.3 Å². The molecule has 1 heterocycles. The summed E-state index contributed by atoms with van der Waals surface area (Å²) in [5.41, 5.74) is 0.133. The summed E-state index contributed by atoms with van der Waals surface area (Å²) in [5, 5.41) is 8.53. The Morgan fingerprint density at radius 2 is 2.13 bits per heavy atom. The van der Waals surface area contributed by atoms with Crippen LogP contribution in [0.25, 0.3) is 0 Å². The number of aromatic nitrogens is 2. The van der Waals surface area contributed by atoms with E-state index in [0.717, 1.165) is 0 Å². The van der Waals surface area contributed by atoms with Crippen LogP contribution >= 0.6 is 0 Å². The quantitative estimate of drug-likeness (QED) is 0.741. The van der Waals surface area contributed by atoms with Gasteiger partial charge in [0.1, 0.15) is 6.33 Å². The van der Waals surface area contributed by atoms with Gasteiger partial charge in [-0.15, -0.1) is 0 Å². The molecule has 0 aliphatic heterocycles. The Kier molecular flexibility index (Phi) is 3.79. The van der Waals surface area contributed by atoms with Crippen molar-refractivity contribution in [2.24, 2.45) is 0 Å². The molecule has 0 aromatic carbocycles. The summed E-state index contributed by atoms with van der Waals surface area (Å²) in [6, 6.07) is 0. The summed E-state index contributed by atoms with van der Waals surface area (Å²) < 4.78 is 1.38. The van der Waals surface area contributed by atoms with Crippen molar-refractivity contribution in [3.8, 4) is 0 Å². The van der Waals surface area contributed by atoms with E-state index in [1.807, 2.05) is 0 Å². The van der Waals surface area contributed by atoms with E-state index < -0.39 is 5.97 Å². The molecular weight excluding hydrogens is 196 g/mol. The average molecular weight is 208 g/mol. The van der Waals surface area contributed by atoms with Gasteiger partial charge in [0.2, 0.25) is 5.91 Å². The molecule has 0 spiro atoms. The third-order valence-electron chi connectivity index (χ3n) is 1.96. The third-order valence-corrected chi connectivity index (χ3v) is 1.96. The van der Waals surface area contributed by atoms with Crippen LogP contribution in [0.5, 0.6) is 0 Å². The molecule has 0 saturated heterocycles. The lowest BCUT2D eigenvalue weighted by Crippen LogP contribution is -2.08. The lowest BCUT2D eigenvalue weighted by atomic mass is 10.1. The normalized spacial score (nSPS) is 9.87. The standard InChI is InChI=1S/C10H12N2O3/c1-8(10(14)15)3-2-4-9(13)12-6-5-11-7-12/h5-7H,1-4H2,(H,14,15). The highest BCUT2D eigenvalue weighted by Crippen LogP contribution is 2.06. The van der Waals surface area contributed by atoms with Gasteiger partial charge < -0.3 is 5.11 Å². The Bertz CT molecular complexity index is 368. The zero-order valence-corrected chi connectivity index (χ0v) is 8.22. The van der Waals surface area contributed by atoms with Crippen molar-refractivity contribution >= 4 is 11.9 Å². The van der Waals surface area contributed by atoms with E-state index in [9.17, 15) is 9.59 Å². The first kappa shape index (κ1) is 11.2. The Labute approximate surface area is 87.1 Å². The fourth-order valence-corrected chi connectivity index (χ4v) is 1.10. The van der Waals surface area contributed by atoms with Crippen molar-refractivity contribution in [3.05, 3.63) is 30.9 Å². The molecule has 0 aliphatic carbocycles. The van der Waals surface area contributed by atoms with Crippen LogP contribution in [0.1, 0.15) is 24.1 Å². The molecule has 0 aliphatic rings. The van der Waals surface area contributed by atoms with Crippen LogP contribution in [0.3, 0.4) is 0 Å². The number of carbonyl (C=O) groups excluding carboxylic acids is 1. The highest BCUT2D eigenvalue weighted by molar-refractivity contribution is 5.85. The predicted octanol–water partition coefficient (Wildman–Crippen LogP) is 1.33. The van der Waals surface area contributed by atoms with Crippen molar-refractivity contribution in [2.45, 2.75) is 19.3 Å². The van der Waals surface area contributed by atoms with Gasteiger partial charge in [-0.05, 0) is 12.8 Å². The number of aliphatic carboxylic acids is 1. The Morgan fingerprint density at radius 1 is 1.40 bits per heavy atom. The summed E-state index contributed by atoms with van der Waals surface area (Å²) in [6.45, 7) is 3.38. The summed E-state index contributed by atoms with van der Waals surface area (Å²) in [5.74, 6) is -1.10. The van der Waals surface area contributed by atoms with E-state index in [1.165, 1.54) is 17.1 Å². The van der Waals surface area contributed by atoms with Gasteiger partial charge in [0.05, 0.1) is 0 Å². The van der Waals surface area contributed by atoms with Gasteiger partial charge in [0, 0.05) is 24.4 Å². The van der Waals surface area contributed by atoms with Gasteiger partial charge in [-0.25, -0.2) is 9.78 Å². The van der Waals surface area contributed by atoms with Gasteiger partial charge in [-0.2, -0.15) is 0 Å². The average Bonchev–Trinajstić information content (AvgIpc) is 2.70. The van der Waals surface area contributed by atoms with Gasteiger partial charge >= 0.3 is 5.97 Å². The number of rotatable bonds is 5. The molecule has 0 radical (unpaired) electrons. The Morgan fingerprint density at radius 3 is 2.67 bits per heavy atom. The number of hydrogen-bond acceptors (Lipinski definition) is 3. The second-order valence-electron chi connectivity index (χ2n) is 3.13. The predicted molar refractivity (Wildman–Crippen MR) is 53.5 cm³/mol. The van der Waals surface area contributed by atoms with Crippen LogP contribution in [-0.2, 0) is 4.79 Å². The maximum absolute atomic E-state index is 11.4. The fourth-order valence-electron chi connectivity index (χ4n) is 1.10. The highest BCUT2D eigenvalue weighted by Gasteiger charge is 2.07. The summed E-state index contributed by atoms with van der Waals surface area (Å²) in [6.07, 6.45) is 5.62. The summed E-state index contributed by atoms with van der Waals surface area (Å²) in [7, 11) is 0. The van der Waals surface area contributed by atoms with Gasteiger partial charge in [-0.3, -0.25) is 9.36 Å². The minimum Gasteiger partial charge on any atom is -0.478 e. The third kappa shape index (κ3) is 3.38. The van der Waals surface area contributed by atoms with E-state index in [2.05, 4.69) is 11.6 Å². The number of carboxylic acid groups (broad SMARTS) is 1. The topological polar surface area (TPSA) is 72.2 Å². The van der Waals surface area contributed by atoms with E-state index in [1.54, 1.807) is 6.20 Å². The Balaban J connectivity index is 2.30. The molecule has 0 amide bonds.